The van der Waals surface area contributed by atoms with Gasteiger partial charge in [0, 0.05) is 28.4 Å². The lowest BCUT2D eigenvalue weighted by Gasteiger charge is -2.10. The molecule has 0 saturated carbocycles. The molecule has 7 nitrogen and oxygen atoms in total. The molecule has 5 heterocycles. The van der Waals surface area contributed by atoms with Gasteiger partial charge in [-0.2, -0.15) is 5.10 Å². The van der Waals surface area contributed by atoms with E-state index in [0.717, 1.165) is 52.7 Å². The second-order valence-electron chi connectivity index (χ2n) is 8.89. The number of imidazole rings is 1. The predicted molar refractivity (Wildman–Crippen MR) is 150 cm³/mol. The Morgan fingerprint density at radius 2 is 2.08 bits per heavy atom. The highest BCUT2D eigenvalue weighted by molar-refractivity contribution is 7.13. The zero-order valence-corrected chi connectivity index (χ0v) is 21.6. The van der Waals surface area contributed by atoms with Crippen LogP contribution in [0.15, 0.2) is 72.4 Å². The van der Waals surface area contributed by atoms with Crippen molar-refractivity contribution in [2.75, 3.05) is 20.6 Å². The molecule has 0 aliphatic rings. The molecule has 0 aromatic carbocycles. The molecule has 0 bridgehead atoms. The first-order chi connectivity index (χ1) is 17.6. The normalized spacial score (nSPS) is 12.8. The number of pyridine rings is 2. The Labute approximate surface area is 214 Å². The summed E-state index contributed by atoms with van der Waals surface area (Å²) >= 11 is 1.69. The van der Waals surface area contributed by atoms with Crippen LogP contribution in [0.1, 0.15) is 25.3 Å². The highest BCUT2D eigenvalue weighted by Crippen LogP contribution is 2.33. The van der Waals surface area contributed by atoms with Gasteiger partial charge in [-0.05, 0) is 75.1 Å². The number of rotatable bonds is 9. The van der Waals surface area contributed by atoms with Crippen LogP contribution in [0.25, 0.3) is 49.7 Å². The highest BCUT2D eigenvalue weighted by Gasteiger charge is 2.17. The van der Waals surface area contributed by atoms with Gasteiger partial charge in [0.2, 0.25) is 0 Å². The van der Waals surface area contributed by atoms with Gasteiger partial charge in [0.25, 0.3) is 0 Å². The monoisotopic (exact) mass is 495 g/mol. The van der Waals surface area contributed by atoms with E-state index in [1.807, 2.05) is 31.3 Å². The fourth-order valence-electron chi connectivity index (χ4n) is 4.27. The molecule has 0 unspecified atom stereocenters. The van der Waals surface area contributed by atoms with Crippen molar-refractivity contribution in [1.29, 1.82) is 0 Å². The molecule has 36 heavy (non-hydrogen) atoms. The second kappa shape index (κ2) is 10.4. The maximum Gasteiger partial charge on any atom is 0.181 e. The SMILES string of the molecule is C=C/C(=C\C(=C/C)c1cnc2n[nH]c(-c3nc4nccc(-c5cccs5)c4[nH]3)c2c1)CCCN(C)C. The van der Waals surface area contributed by atoms with E-state index in [4.69, 9.17) is 4.98 Å². The smallest absolute Gasteiger partial charge is 0.181 e. The van der Waals surface area contributed by atoms with Crippen molar-refractivity contribution in [3.8, 4) is 22.0 Å². The summed E-state index contributed by atoms with van der Waals surface area (Å²) in [6.07, 6.45) is 12.0. The molecular weight excluding hydrogens is 466 g/mol. The second-order valence-corrected chi connectivity index (χ2v) is 9.84. The highest BCUT2D eigenvalue weighted by atomic mass is 32.1. The standard InChI is InChI=1S/C28H29N7S/c1-5-18(9-7-13-35(3)4)15-19(6-2)20-16-22-25(33-34-26(22)30-17-20)28-31-24-21(23-10-8-14-36-23)11-12-29-27(24)32-28/h5-6,8,10-12,14-17H,1,7,9,13H2,2-4H3,(H,29,31,32)(H,30,33,34)/b18-15+,19-6+. The first-order valence-corrected chi connectivity index (χ1v) is 12.8. The Balaban J connectivity index is 1.52. The number of aromatic nitrogens is 6. The number of hydrogen-bond acceptors (Lipinski definition) is 6. The minimum absolute atomic E-state index is 0.648. The van der Waals surface area contributed by atoms with Crippen LogP contribution >= 0.6 is 11.3 Å². The number of allylic oxidation sites excluding steroid dienone is 5. The zero-order chi connectivity index (χ0) is 25.1. The van der Waals surface area contributed by atoms with E-state index in [1.54, 1.807) is 17.5 Å². The molecule has 0 saturated heterocycles. The summed E-state index contributed by atoms with van der Waals surface area (Å²) in [5.74, 6) is 0.691. The van der Waals surface area contributed by atoms with E-state index in [2.05, 4.69) is 80.4 Å². The molecule has 0 aliphatic carbocycles. The van der Waals surface area contributed by atoms with Crippen LogP contribution in [-0.2, 0) is 0 Å². The summed E-state index contributed by atoms with van der Waals surface area (Å²) in [7, 11) is 4.19. The molecule has 0 spiro atoms. The van der Waals surface area contributed by atoms with Crippen LogP contribution in [0.2, 0.25) is 0 Å². The van der Waals surface area contributed by atoms with Crippen LogP contribution in [0.4, 0.5) is 0 Å². The van der Waals surface area contributed by atoms with Crippen molar-refractivity contribution in [1.82, 2.24) is 35.0 Å². The quantitative estimate of drug-likeness (QED) is 0.229. The number of H-pyrrole nitrogens is 2. The number of hydrogen-bond donors (Lipinski definition) is 2. The van der Waals surface area contributed by atoms with Gasteiger partial charge in [-0.15, -0.1) is 11.3 Å². The molecule has 0 fully saturated rings. The van der Waals surface area contributed by atoms with Crippen molar-refractivity contribution in [2.24, 2.45) is 0 Å². The van der Waals surface area contributed by atoms with E-state index in [1.165, 1.54) is 10.5 Å². The van der Waals surface area contributed by atoms with Crippen LogP contribution in [0.3, 0.4) is 0 Å². The Hall–Kier alpha value is -3.88. The van der Waals surface area contributed by atoms with Gasteiger partial charge < -0.3 is 9.88 Å². The maximum absolute atomic E-state index is 4.78. The zero-order valence-electron chi connectivity index (χ0n) is 20.7. The summed E-state index contributed by atoms with van der Waals surface area (Å²) in [4.78, 5) is 20.7. The van der Waals surface area contributed by atoms with Crippen molar-refractivity contribution in [3.63, 3.8) is 0 Å². The predicted octanol–water partition coefficient (Wildman–Crippen LogP) is 6.48. The average Bonchev–Trinajstić information content (AvgIpc) is 3.64. The summed E-state index contributed by atoms with van der Waals surface area (Å²) in [6, 6.07) is 8.29. The number of aromatic amines is 2. The molecule has 0 amide bonds. The van der Waals surface area contributed by atoms with E-state index in [-0.39, 0.29) is 0 Å². The summed E-state index contributed by atoms with van der Waals surface area (Å²) in [5.41, 5.74) is 7.45. The summed E-state index contributed by atoms with van der Waals surface area (Å²) in [5, 5.41) is 10.5. The van der Waals surface area contributed by atoms with Gasteiger partial charge in [-0.1, -0.05) is 30.9 Å². The molecule has 5 aromatic rings. The van der Waals surface area contributed by atoms with Crippen LogP contribution in [-0.4, -0.2) is 55.7 Å². The minimum Gasteiger partial charge on any atom is -0.335 e. The fourth-order valence-corrected chi connectivity index (χ4v) is 5.03. The van der Waals surface area contributed by atoms with Crippen LogP contribution in [0, 0.1) is 0 Å². The van der Waals surface area contributed by atoms with Gasteiger partial charge >= 0.3 is 0 Å². The van der Waals surface area contributed by atoms with E-state index < -0.39 is 0 Å². The Bertz CT molecular complexity index is 1570. The third kappa shape index (κ3) is 4.78. The van der Waals surface area contributed by atoms with Crippen molar-refractivity contribution < 1.29 is 0 Å². The van der Waals surface area contributed by atoms with Gasteiger partial charge in [0.05, 0.1) is 10.9 Å². The number of nitrogens with one attached hydrogen (secondary N) is 2. The number of fused-ring (bicyclic) bond motifs is 2. The van der Waals surface area contributed by atoms with E-state index in [9.17, 15) is 0 Å². The van der Waals surface area contributed by atoms with E-state index >= 15 is 0 Å². The van der Waals surface area contributed by atoms with Gasteiger partial charge in [-0.3, -0.25) is 5.10 Å². The summed E-state index contributed by atoms with van der Waals surface area (Å²) < 4.78 is 0. The third-order valence-electron chi connectivity index (χ3n) is 6.14. The number of thiophene rings is 1. The molecule has 0 aliphatic heterocycles. The van der Waals surface area contributed by atoms with Gasteiger partial charge in [-0.25, -0.2) is 15.0 Å². The molecule has 0 radical (unpaired) electrons. The van der Waals surface area contributed by atoms with Crippen molar-refractivity contribution in [3.05, 3.63) is 78.0 Å². The molecule has 8 heteroatoms. The fraction of sp³-hybridized carbons (Fsp3) is 0.214. The Morgan fingerprint density at radius 1 is 1.19 bits per heavy atom. The van der Waals surface area contributed by atoms with E-state index in [0.29, 0.717) is 17.1 Å². The van der Waals surface area contributed by atoms with Crippen LogP contribution < -0.4 is 0 Å². The van der Waals surface area contributed by atoms with Crippen molar-refractivity contribution in [2.45, 2.75) is 19.8 Å². The molecule has 0 atom stereocenters. The third-order valence-corrected chi connectivity index (χ3v) is 7.05. The molecule has 5 rings (SSSR count). The lowest BCUT2D eigenvalue weighted by Crippen LogP contribution is -2.12. The Kier molecular flexibility index (Phi) is 6.88. The average molecular weight is 496 g/mol. The van der Waals surface area contributed by atoms with Crippen molar-refractivity contribution >= 4 is 39.1 Å². The molecular formula is C28H29N7S. The summed E-state index contributed by atoms with van der Waals surface area (Å²) in [6.45, 7) is 7.11. The first kappa shape index (κ1) is 23.8. The van der Waals surface area contributed by atoms with Crippen LogP contribution in [0.5, 0.6) is 0 Å². The number of nitrogens with zero attached hydrogens (tertiary/aromatic N) is 5. The maximum atomic E-state index is 4.78. The molecule has 182 valence electrons. The largest absolute Gasteiger partial charge is 0.335 e. The van der Waals surface area contributed by atoms with Gasteiger partial charge in [0.15, 0.2) is 17.1 Å². The molecule has 5 aromatic heterocycles. The first-order valence-electron chi connectivity index (χ1n) is 11.9. The van der Waals surface area contributed by atoms with Gasteiger partial charge in [0.1, 0.15) is 5.69 Å². The lowest BCUT2D eigenvalue weighted by atomic mass is 10.0. The molecule has 2 N–H and O–H groups in total. The minimum atomic E-state index is 0.648. The topological polar surface area (TPSA) is 86.4 Å². The Morgan fingerprint density at radius 3 is 2.83 bits per heavy atom. The lowest BCUT2D eigenvalue weighted by molar-refractivity contribution is 0.400.